The van der Waals surface area contributed by atoms with Crippen LogP contribution in [0.3, 0.4) is 0 Å². The SMILES string of the molecule is CCC(C)C1CCCC2=CNN(C)CC2CC1. The molecular weight excluding hydrogens is 208 g/mol. The van der Waals surface area contributed by atoms with E-state index < -0.39 is 0 Å². The van der Waals surface area contributed by atoms with E-state index in [0.717, 1.165) is 17.8 Å². The fourth-order valence-electron chi connectivity index (χ4n) is 3.39. The molecule has 1 N–H and O–H groups in total. The Hall–Kier alpha value is -0.500. The van der Waals surface area contributed by atoms with Crippen LogP contribution in [0.1, 0.15) is 52.4 Å². The van der Waals surface area contributed by atoms with E-state index in [-0.39, 0.29) is 0 Å². The smallest absolute Gasteiger partial charge is 0.0241 e. The van der Waals surface area contributed by atoms with E-state index in [1.54, 1.807) is 5.57 Å². The van der Waals surface area contributed by atoms with Crippen LogP contribution in [-0.4, -0.2) is 18.6 Å². The average Bonchev–Trinajstić information content (AvgIpc) is 2.31. The van der Waals surface area contributed by atoms with Gasteiger partial charge in [0.05, 0.1) is 0 Å². The summed E-state index contributed by atoms with van der Waals surface area (Å²) in [4.78, 5) is 0. The van der Waals surface area contributed by atoms with Gasteiger partial charge < -0.3 is 5.43 Å². The third-order valence-electron chi connectivity index (χ3n) is 4.86. The van der Waals surface area contributed by atoms with Crippen molar-refractivity contribution in [1.29, 1.82) is 0 Å². The molecular formula is C15H28N2. The van der Waals surface area contributed by atoms with Crippen molar-refractivity contribution in [2.45, 2.75) is 52.4 Å². The van der Waals surface area contributed by atoms with Gasteiger partial charge in [0.15, 0.2) is 0 Å². The summed E-state index contributed by atoms with van der Waals surface area (Å²) >= 11 is 0. The van der Waals surface area contributed by atoms with Crippen molar-refractivity contribution in [2.75, 3.05) is 13.6 Å². The summed E-state index contributed by atoms with van der Waals surface area (Å²) in [7, 11) is 2.15. The molecule has 0 aromatic rings. The first-order valence-electron chi connectivity index (χ1n) is 7.37. The van der Waals surface area contributed by atoms with Crippen molar-refractivity contribution in [1.82, 2.24) is 10.4 Å². The number of rotatable bonds is 2. The zero-order chi connectivity index (χ0) is 12.3. The topological polar surface area (TPSA) is 15.3 Å². The van der Waals surface area contributed by atoms with Gasteiger partial charge in [-0.25, -0.2) is 5.01 Å². The van der Waals surface area contributed by atoms with Crippen molar-refractivity contribution >= 4 is 0 Å². The maximum atomic E-state index is 3.35. The van der Waals surface area contributed by atoms with Gasteiger partial charge in [-0.3, -0.25) is 0 Å². The Bertz CT molecular complexity index is 272. The molecule has 0 spiro atoms. The maximum Gasteiger partial charge on any atom is 0.0241 e. The number of hydrazine groups is 1. The lowest BCUT2D eigenvalue weighted by Crippen LogP contribution is -2.40. The Labute approximate surface area is 106 Å². The van der Waals surface area contributed by atoms with Gasteiger partial charge in [-0.15, -0.1) is 0 Å². The average molecular weight is 236 g/mol. The van der Waals surface area contributed by atoms with E-state index >= 15 is 0 Å². The fourth-order valence-corrected chi connectivity index (χ4v) is 3.39. The highest BCUT2D eigenvalue weighted by Gasteiger charge is 2.25. The Morgan fingerprint density at radius 1 is 1.41 bits per heavy atom. The van der Waals surface area contributed by atoms with Crippen molar-refractivity contribution in [3.05, 3.63) is 11.8 Å². The van der Waals surface area contributed by atoms with Crippen molar-refractivity contribution in [3.63, 3.8) is 0 Å². The van der Waals surface area contributed by atoms with Gasteiger partial charge >= 0.3 is 0 Å². The van der Waals surface area contributed by atoms with Crippen molar-refractivity contribution in [2.24, 2.45) is 17.8 Å². The van der Waals surface area contributed by atoms with Gasteiger partial charge in [0.25, 0.3) is 0 Å². The Morgan fingerprint density at radius 2 is 2.24 bits per heavy atom. The molecule has 98 valence electrons. The second kappa shape index (κ2) is 5.90. The van der Waals surface area contributed by atoms with E-state index in [0.29, 0.717) is 0 Å². The van der Waals surface area contributed by atoms with Crippen LogP contribution in [0.4, 0.5) is 0 Å². The molecule has 0 amide bonds. The molecule has 1 aliphatic carbocycles. The molecule has 17 heavy (non-hydrogen) atoms. The minimum absolute atomic E-state index is 0.813. The molecule has 1 aliphatic heterocycles. The lowest BCUT2D eigenvalue weighted by Gasteiger charge is -2.35. The molecule has 2 nitrogen and oxygen atoms in total. The van der Waals surface area contributed by atoms with Crippen LogP contribution < -0.4 is 5.43 Å². The molecule has 1 saturated carbocycles. The third kappa shape index (κ3) is 3.25. The number of hydrogen-bond acceptors (Lipinski definition) is 2. The van der Waals surface area contributed by atoms with Gasteiger partial charge in [0.1, 0.15) is 0 Å². The summed E-state index contributed by atoms with van der Waals surface area (Å²) in [5.41, 5.74) is 5.02. The van der Waals surface area contributed by atoms with E-state index in [4.69, 9.17) is 0 Å². The molecule has 2 aliphatic rings. The van der Waals surface area contributed by atoms with Gasteiger partial charge in [-0.05, 0) is 55.4 Å². The minimum Gasteiger partial charge on any atom is -0.326 e. The predicted octanol–water partition coefficient (Wildman–Crippen LogP) is 3.56. The molecule has 2 rings (SSSR count). The molecule has 2 heteroatoms. The van der Waals surface area contributed by atoms with Crippen molar-refractivity contribution < 1.29 is 0 Å². The largest absolute Gasteiger partial charge is 0.326 e. The Kier molecular flexibility index (Phi) is 4.49. The molecule has 1 heterocycles. The number of nitrogens with one attached hydrogen (secondary N) is 1. The molecule has 3 atom stereocenters. The zero-order valence-electron chi connectivity index (χ0n) is 11.7. The predicted molar refractivity (Wildman–Crippen MR) is 73.4 cm³/mol. The molecule has 3 unspecified atom stereocenters. The third-order valence-corrected chi connectivity index (χ3v) is 4.86. The zero-order valence-corrected chi connectivity index (χ0v) is 11.7. The second-order valence-electron chi connectivity index (χ2n) is 6.04. The van der Waals surface area contributed by atoms with E-state index in [9.17, 15) is 0 Å². The van der Waals surface area contributed by atoms with Gasteiger partial charge in [0.2, 0.25) is 0 Å². The van der Waals surface area contributed by atoms with Gasteiger partial charge in [-0.2, -0.15) is 0 Å². The molecule has 0 aromatic carbocycles. The molecule has 0 saturated heterocycles. The number of nitrogens with zero attached hydrogens (tertiary/aromatic N) is 1. The van der Waals surface area contributed by atoms with Crippen LogP contribution in [0.2, 0.25) is 0 Å². The normalized spacial score (nSPS) is 32.8. The summed E-state index contributed by atoms with van der Waals surface area (Å²) in [5.74, 6) is 2.70. The van der Waals surface area contributed by atoms with Gasteiger partial charge in [-0.1, -0.05) is 20.3 Å². The molecule has 0 aromatic heterocycles. The highest BCUT2D eigenvalue weighted by atomic mass is 15.5. The fraction of sp³-hybridized carbons (Fsp3) is 0.867. The summed E-state index contributed by atoms with van der Waals surface area (Å²) in [6.45, 7) is 5.98. The Balaban J connectivity index is 1.96. The van der Waals surface area contributed by atoms with E-state index in [1.807, 2.05) is 0 Å². The highest BCUT2D eigenvalue weighted by molar-refractivity contribution is 5.09. The second-order valence-corrected chi connectivity index (χ2v) is 6.04. The molecule has 0 radical (unpaired) electrons. The summed E-state index contributed by atoms with van der Waals surface area (Å²) < 4.78 is 0. The first-order chi connectivity index (χ1) is 8.20. The molecule has 0 bridgehead atoms. The van der Waals surface area contributed by atoms with Crippen LogP contribution in [0, 0.1) is 17.8 Å². The van der Waals surface area contributed by atoms with Crippen LogP contribution in [0.25, 0.3) is 0 Å². The minimum atomic E-state index is 0.813. The van der Waals surface area contributed by atoms with Crippen LogP contribution in [0.5, 0.6) is 0 Å². The summed E-state index contributed by atoms with van der Waals surface area (Å²) in [6.07, 6.45) is 10.6. The van der Waals surface area contributed by atoms with Crippen molar-refractivity contribution in [3.8, 4) is 0 Å². The van der Waals surface area contributed by atoms with Gasteiger partial charge in [0, 0.05) is 19.8 Å². The van der Waals surface area contributed by atoms with Crippen LogP contribution >= 0.6 is 0 Å². The summed E-state index contributed by atoms with van der Waals surface area (Å²) in [5, 5.41) is 2.23. The first-order valence-corrected chi connectivity index (χ1v) is 7.37. The summed E-state index contributed by atoms with van der Waals surface area (Å²) in [6, 6.07) is 0. The number of hydrogen-bond donors (Lipinski definition) is 1. The van der Waals surface area contributed by atoms with Crippen LogP contribution in [0.15, 0.2) is 11.8 Å². The lowest BCUT2D eigenvalue weighted by atomic mass is 9.77. The number of fused-ring (bicyclic) bond motifs is 1. The van der Waals surface area contributed by atoms with Crippen LogP contribution in [-0.2, 0) is 0 Å². The first kappa shape index (κ1) is 12.9. The van der Waals surface area contributed by atoms with E-state index in [2.05, 4.69) is 37.5 Å². The standard InChI is InChI=1S/C15H28N2/c1-4-12(2)13-6-5-7-14-10-16-17(3)11-15(14)9-8-13/h10,12-13,15-16H,4-9,11H2,1-3H3. The lowest BCUT2D eigenvalue weighted by molar-refractivity contribution is 0.189. The monoisotopic (exact) mass is 236 g/mol. The Morgan fingerprint density at radius 3 is 3.00 bits per heavy atom. The van der Waals surface area contributed by atoms with E-state index in [1.165, 1.54) is 45.1 Å². The highest BCUT2D eigenvalue weighted by Crippen LogP contribution is 2.35. The molecule has 1 fully saturated rings. The maximum absolute atomic E-state index is 3.35. The quantitative estimate of drug-likeness (QED) is 0.788.